The quantitative estimate of drug-likeness (QED) is 0.229. The van der Waals surface area contributed by atoms with Crippen LogP contribution in [0.2, 0.25) is 0 Å². The van der Waals surface area contributed by atoms with Gasteiger partial charge in [-0.05, 0) is 25.7 Å². The van der Waals surface area contributed by atoms with Crippen molar-refractivity contribution in [3.8, 4) is 0 Å². The summed E-state index contributed by atoms with van der Waals surface area (Å²) in [6, 6.07) is 0. The summed E-state index contributed by atoms with van der Waals surface area (Å²) >= 11 is 0. The van der Waals surface area contributed by atoms with Crippen LogP contribution in [-0.4, -0.2) is 77.7 Å². The molecule has 1 aliphatic heterocycles. The Morgan fingerprint density at radius 2 is 1.10 bits per heavy atom. The van der Waals surface area contributed by atoms with Gasteiger partial charge in [-0.2, -0.15) is 0 Å². The molecule has 0 aromatic carbocycles. The van der Waals surface area contributed by atoms with Crippen molar-refractivity contribution >= 4 is 10.7 Å². The van der Waals surface area contributed by atoms with E-state index in [1.54, 1.807) is 0 Å². The first kappa shape index (κ1) is 28.8. The highest BCUT2D eigenvalue weighted by Gasteiger charge is 2.48. The monoisotopic (exact) mass is 466 g/mol. The molecule has 1 rings (SSSR count). The lowest BCUT2D eigenvalue weighted by molar-refractivity contribution is -0.261. The molecule has 5 atom stereocenters. The van der Waals surface area contributed by atoms with Gasteiger partial charge in [0.15, 0.2) is 0 Å². The van der Waals surface area contributed by atoms with Gasteiger partial charge >= 0.3 is 0 Å². The molecule has 0 N–H and O–H groups in total. The fraction of sp³-hybridized carbons (Fsp3) is 1.00. The topological polar surface area (TPSA) is 80.3 Å². The standard InChI is InChI=1S/C23H46O7S/c1-5-9-13-26-17-19-21(27-14-10-6-2)23(29-16-12-8-4)22(28-15-11-7-3)20(30-19)18-31(24)25/h19-23,31H,5-18H2,1-4H3. The molecule has 0 aromatic rings. The molecule has 8 heteroatoms. The van der Waals surface area contributed by atoms with Gasteiger partial charge in [0.1, 0.15) is 41.2 Å². The van der Waals surface area contributed by atoms with Gasteiger partial charge in [-0.25, -0.2) is 8.42 Å². The highest BCUT2D eigenvalue weighted by Crippen LogP contribution is 2.29. The molecule has 7 nitrogen and oxygen atoms in total. The molecule has 5 unspecified atom stereocenters. The second kappa shape index (κ2) is 18.2. The number of ether oxygens (including phenoxy) is 5. The molecule has 31 heavy (non-hydrogen) atoms. The van der Waals surface area contributed by atoms with E-state index in [9.17, 15) is 8.42 Å². The second-order valence-electron chi connectivity index (χ2n) is 8.22. The third-order valence-electron chi connectivity index (χ3n) is 5.41. The average molecular weight is 467 g/mol. The van der Waals surface area contributed by atoms with Gasteiger partial charge in [0, 0.05) is 26.4 Å². The third-order valence-corrected chi connectivity index (χ3v) is 6.07. The Balaban J connectivity index is 3.07. The summed E-state index contributed by atoms with van der Waals surface area (Å²) < 4.78 is 54.1. The highest BCUT2D eigenvalue weighted by atomic mass is 32.2. The number of unbranched alkanes of at least 4 members (excludes halogenated alkanes) is 4. The van der Waals surface area contributed by atoms with E-state index >= 15 is 0 Å². The summed E-state index contributed by atoms with van der Waals surface area (Å²) in [6.07, 6.45) is 5.67. The summed E-state index contributed by atoms with van der Waals surface area (Å²) in [5.74, 6) is -0.0904. The first-order valence-electron chi connectivity index (χ1n) is 12.3. The van der Waals surface area contributed by atoms with Gasteiger partial charge in [-0.3, -0.25) is 0 Å². The van der Waals surface area contributed by atoms with Crippen molar-refractivity contribution in [2.45, 2.75) is 110 Å². The Morgan fingerprint density at radius 3 is 1.58 bits per heavy atom. The van der Waals surface area contributed by atoms with Crippen LogP contribution in [-0.2, 0) is 34.4 Å². The SMILES string of the molecule is CCCCOCC1OC(C[SH](=O)=O)C(OCCCC)C(OCCCC)C1OCCCC. The fourth-order valence-corrected chi connectivity index (χ4v) is 4.14. The van der Waals surface area contributed by atoms with E-state index in [1.807, 2.05) is 0 Å². The maximum Gasteiger partial charge on any atom is 0.142 e. The van der Waals surface area contributed by atoms with E-state index in [-0.39, 0.29) is 24.1 Å². The minimum atomic E-state index is -2.61. The first-order valence-corrected chi connectivity index (χ1v) is 13.6. The lowest BCUT2D eigenvalue weighted by Gasteiger charge is -2.46. The second-order valence-corrected chi connectivity index (χ2v) is 9.25. The van der Waals surface area contributed by atoms with E-state index < -0.39 is 22.9 Å². The number of hydrogen-bond donors (Lipinski definition) is 1. The first-order chi connectivity index (χ1) is 15.1. The maximum atomic E-state index is 11.6. The highest BCUT2D eigenvalue weighted by molar-refractivity contribution is 7.72. The van der Waals surface area contributed by atoms with E-state index in [1.165, 1.54) is 0 Å². The van der Waals surface area contributed by atoms with E-state index in [2.05, 4.69) is 27.7 Å². The smallest absolute Gasteiger partial charge is 0.142 e. The van der Waals surface area contributed by atoms with Gasteiger partial charge in [0.25, 0.3) is 0 Å². The Bertz CT molecular complexity index is 492. The summed E-state index contributed by atoms with van der Waals surface area (Å²) in [5, 5.41) is 0. The van der Waals surface area contributed by atoms with Crippen molar-refractivity contribution in [3.05, 3.63) is 0 Å². The van der Waals surface area contributed by atoms with Crippen LogP contribution in [0.5, 0.6) is 0 Å². The molecular weight excluding hydrogens is 420 g/mol. The lowest BCUT2D eigenvalue weighted by Crippen LogP contribution is -2.62. The van der Waals surface area contributed by atoms with E-state index in [0.717, 1.165) is 51.4 Å². The predicted molar refractivity (Wildman–Crippen MR) is 124 cm³/mol. The largest absolute Gasteiger partial charge is 0.379 e. The van der Waals surface area contributed by atoms with Gasteiger partial charge in [0.2, 0.25) is 0 Å². The van der Waals surface area contributed by atoms with Crippen molar-refractivity contribution in [1.29, 1.82) is 0 Å². The van der Waals surface area contributed by atoms with E-state index in [0.29, 0.717) is 33.0 Å². The van der Waals surface area contributed by atoms with Crippen LogP contribution in [0, 0.1) is 0 Å². The Morgan fingerprint density at radius 1 is 0.645 bits per heavy atom. The van der Waals surface area contributed by atoms with Crippen molar-refractivity contribution in [2.24, 2.45) is 0 Å². The molecular formula is C23H46O7S. The normalized spacial score (nSPS) is 26.5. The van der Waals surface area contributed by atoms with Crippen LogP contribution in [0.25, 0.3) is 0 Å². The molecule has 0 aliphatic carbocycles. The van der Waals surface area contributed by atoms with Crippen molar-refractivity contribution in [1.82, 2.24) is 0 Å². The zero-order chi connectivity index (χ0) is 22.9. The summed E-state index contributed by atoms with van der Waals surface area (Å²) in [5.41, 5.74) is 0. The van der Waals surface area contributed by atoms with Crippen LogP contribution < -0.4 is 0 Å². The molecule has 0 saturated carbocycles. The van der Waals surface area contributed by atoms with Crippen LogP contribution >= 0.6 is 0 Å². The van der Waals surface area contributed by atoms with Crippen molar-refractivity contribution < 1.29 is 32.1 Å². The third kappa shape index (κ3) is 11.4. The van der Waals surface area contributed by atoms with E-state index in [4.69, 9.17) is 23.7 Å². The maximum absolute atomic E-state index is 11.6. The minimum absolute atomic E-state index is 0.0904. The van der Waals surface area contributed by atoms with Gasteiger partial charge in [-0.1, -0.05) is 53.4 Å². The molecule has 0 amide bonds. The molecule has 0 spiro atoms. The molecule has 1 saturated heterocycles. The summed E-state index contributed by atoms with van der Waals surface area (Å²) in [4.78, 5) is 0. The Kier molecular flexibility index (Phi) is 16.9. The van der Waals surface area contributed by atoms with Crippen molar-refractivity contribution in [3.63, 3.8) is 0 Å². The summed E-state index contributed by atoms with van der Waals surface area (Å²) in [7, 11) is -2.61. The fourth-order valence-electron chi connectivity index (χ4n) is 3.55. The van der Waals surface area contributed by atoms with Gasteiger partial charge in [0.05, 0.1) is 12.4 Å². The number of thiol groups is 1. The zero-order valence-corrected chi connectivity index (χ0v) is 21.0. The van der Waals surface area contributed by atoms with Crippen LogP contribution in [0.4, 0.5) is 0 Å². The average Bonchev–Trinajstić information content (AvgIpc) is 2.74. The van der Waals surface area contributed by atoms with Crippen molar-refractivity contribution in [2.75, 3.05) is 38.8 Å². The molecule has 1 heterocycles. The Labute approximate surface area is 191 Å². The molecule has 0 radical (unpaired) electrons. The number of hydrogen-bond acceptors (Lipinski definition) is 7. The van der Waals surface area contributed by atoms with Gasteiger partial charge in [-0.15, -0.1) is 0 Å². The molecule has 0 bridgehead atoms. The minimum Gasteiger partial charge on any atom is -0.379 e. The summed E-state index contributed by atoms with van der Waals surface area (Å²) in [6.45, 7) is 11.2. The molecule has 1 fully saturated rings. The van der Waals surface area contributed by atoms with Crippen LogP contribution in [0.3, 0.4) is 0 Å². The lowest BCUT2D eigenvalue weighted by atomic mass is 9.94. The predicted octanol–water partition coefficient (Wildman–Crippen LogP) is 3.74. The Hall–Kier alpha value is -0.250. The zero-order valence-electron chi connectivity index (χ0n) is 20.1. The molecule has 1 aliphatic rings. The van der Waals surface area contributed by atoms with Gasteiger partial charge < -0.3 is 23.7 Å². The molecule has 0 aromatic heterocycles. The van der Waals surface area contributed by atoms with Crippen LogP contribution in [0.15, 0.2) is 0 Å². The number of rotatable bonds is 19. The van der Waals surface area contributed by atoms with Crippen LogP contribution in [0.1, 0.15) is 79.1 Å². The molecule has 186 valence electrons.